The zero-order valence-electron chi connectivity index (χ0n) is 14.8. The van der Waals surface area contributed by atoms with Crippen LogP contribution >= 0.6 is 0 Å². The van der Waals surface area contributed by atoms with Gasteiger partial charge in [0.15, 0.2) is 0 Å². The van der Waals surface area contributed by atoms with Crippen LogP contribution in [0.15, 0.2) is 47.9 Å². The Balaban J connectivity index is 1.45. The summed E-state index contributed by atoms with van der Waals surface area (Å²) in [7, 11) is 0. The first kappa shape index (κ1) is 19.4. The fourth-order valence-electron chi connectivity index (χ4n) is 3.03. The van der Waals surface area contributed by atoms with E-state index in [1.807, 2.05) is 6.08 Å². The van der Waals surface area contributed by atoms with Crippen LogP contribution in [0, 0.1) is 11.7 Å². The van der Waals surface area contributed by atoms with E-state index in [-0.39, 0.29) is 23.7 Å². The summed E-state index contributed by atoms with van der Waals surface area (Å²) >= 11 is -1.46. The van der Waals surface area contributed by atoms with E-state index in [0.717, 1.165) is 12.8 Å². The third-order valence-corrected chi connectivity index (χ3v) is 5.80. The molecule has 3 rings (SSSR count). The van der Waals surface area contributed by atoms with Crippen molar-refractivity contribution in [2.75, 3.05) is 25.0 Å². The summed E-state index contributed by atoms with van der Waals surface area (Å²) in [6.07, 6.45) is 7.36. The quantitative estimate of drug-likeness (QED) is 0.802. The van der Waals surface area contributed by atoms with Crippen LogP contribution in [-0.2, 0) is 16.2 Å². The smallest absolute Gasteiger partial charge is 0.321 e. The number of urea groups is 1. The Bertz CT molecular complexity index is 730. The van der Waals surface area contributed by atoms with E-state index in [9.17, 15) is 18.5 Å². The number of hydrogen-bond donors (Lipinski definition) is 1. The normalized spacial score (nSPS) is 19.6. The lowest BCUT2D eigenvalue weighted by molar-refractivity contribution is -0.121. The van der Waals surface area contributed by atoms with Crippen molar-refractivity contribution in [3.05, 3.63) is 53.7 Å². The molecule has 6 nitrogen and oxygen atoms in total. The van der Waals surface area contributed by atoms with Crippen molar-refractivity contribution in [2.24, 2.45) is 5.92 Å². The maximum absolute atomic E-state index is 12.9. The molecule has 2 heterocycles. The lowest BCUT2D eigenvalue weighted by Gasteiger charge is -2.30. The van der Waals surface area contributed by atoms with Gasteiger partial charge in [-0.1, -0.05) is 6.08 Å². The SMILES string of the molecule is O=C(Nc1ccc(F)cc1)N1CCC(/C=C/[S+]([O-])N2CCC=CC2=O)CC1. The Morgan fingerprint density at radius 3 is 2.59 bits per heavy atom. The fourth-order valence-corrected chi connectivity index (χ4v) is 4.06. The third kappa shape index (κ3) is 5.33. The summed E-state index contributed by atoms with van der Waals surface area (Å²) < 4.78 is 26.5. The van der Waals surface area contributed by atoms with E-state index < -0.39 is 11.4 Å². The Labute approximate surface area is 161 Å². The molecular weight excluding hydrogens is 369 g/mol. The zero-order valence-corrected chi connectivity index (χ0v) is 15.7. The molecule has 1 unspecified atom stereocenters. The van der Waals surface area contributed by atoms with Crippen molar-refractivity contribution in [1.82, 2.24) is 9.21 Å². The van der Waals surface area contributed by atoms with Crippen molar-refractivity contribution < 1.29 is 18.5 Å². The summed E-state index contributed by atoms with van der Waals surface area (Å²) in [6.45, 7) is 1.63. The van der Waals surface area contributed by atoms with Gasteiger partial charge in [-0.3, -0.25) is 4.79 Å². The highest BCUT2D eigenvalue weighted by atomic mass is 32.2. The van der Waals surface area contributed by atoms with Gasteiger partial charge < -0.3 is 14.8 Å². The van der Waals surface area contributed by atoms with Crippen LogP contribution in [0.3, 0.4) is 0 Å². The third-order valence-electron chi connectivity index (χ3n) is 4.61. The molecule has 144 valence electrons. The van der Waals surface area contributed by atoms with Crippen LogP contribution in [0.25, 0.3) is 0 Å². The maximum Gasteiger partial charge on any atom is 0.321 e. The average Bonchev–Trinajstić information content (AvgIpc) is 2.68. The average molecular weight is 391 g/mol. The summed E-state index contributed by atoms with van der Waals surface area (Å²) in [5, 5.41) is 4.33. The number of halogens is 1. The molecule has 1 aromatic carbocycles. The predicted octanol–water partition coefficient (Wildman–Crippen LogP) is 3.04. The van der Waals surface area contributed by atoms with Gasteiger partial charge in [-0.25, -0.2) is 9.18 Å². The lowest BCUT2D eigenvalue weighted by Crippen LogP contribution is -2.41. The van der Waals surface area contributed by atoms with Gasteiger partial charge in [0.1, 0.15) is 22.6 Å². The number of piperidine rings is 1. The molecule has 0 radical (unpaired) electrons. The maximum atomic E-state index is 12.9. The molecule has 2 aliphatic rings. The van der Waals surface area contributed by atoms with Gasteiger partial charge in [0.2, 0.25) is 0 Å². The molecule has 1 saturated heterocycles. The molecule has 27 heavy (non-hydrogen) atoms. The molecule has 2 aliphatic heterocycles. The first-order chi connectivity index (χ1) is 13.0. The van der Waals surface area contributed by atoms with Crippen molar-refractivity contribution in [3.8, 4) is 0 Å². The molecule has 8 heteroatoms. The highest BCUT2D eigenvalue weighted by molar-refractivity contribution is 7.92. The number of nitrogens with zero attached hydrogens (tertiary/aromatic N) is 2. The summed E-state index contributed by atoms with van der Waals surface area (Å²) in [5.41, 5.74) is 0.555. The highest BCUT2D eigenvalue weighted by Crippen LogP contribution is 2.21. The minimum Gasteiger partial charge on any atom is -0.588 e. The van der Waals surface area contributed by atoms with Crippen molar-refractivity contribution in [2.45, 2.75) is 19.3 Å². The van der Waals surface area contributed by atoms with Crippen LogP contribution < -0.4 is 5.32 Å². The largest absolute Gasteiger partial charge is 0.588 e. The zero-order chi connectivity index (χ0) is 19.2. The van der Waals surface area contributed by atoms with E-state index in [1.54, 1.807) is 16.4 Å². The van der Waals surface area contributed by atoms with Crippen molar-refractivity contribution in [1.29, 1.82) is 0 Å². The first-order valence-electron chi connectivity index (χ1n) is 8.91. The van der Waals surface area contributed by atoms with Crippen LogP contribution in [0.4, 0.5) is 14.9 Å². The number of likely N-dealkylation sites (tertiary alicyclic amines) is 1. The van der Waals surface area contributed by atoms with Crippen LogP contribution in [-0.4, -0.2) is 45.3 Å². The molecule has 1 atom stereocenters. The second-order valence-corrected chi connectivity index (χ2v) is 7.76. The number of allylic oxidation sites excluding steroid dienone is 1. The molecule has 1 aromatic rings. The second-order valence-electron chi connectivity index (χ2n) is 6.50. The van der Waals surface area contributed by atoms with Gasteiger partial charge in [0.05, 0.1) is 6.54 Å². The predicted molar refractivity (Wildman–Crippen MR) is 102 cm³/mol. The molecule has 0 aliphatic carbocycles. The number of hydrogen-bond acceptors (Lipinski definition) is 3. The Morgan fingerprint density at radius 2 is 1.93 bits per heavy atom. The minimum atomic E-state index is -1.46. The van der Waals surface area contributed by atoms with Gasteiger partial charge >= 0.3 is 6.03 Å². The Morgan fingerprint density at radius 1 is 1.22 bits per heavy atom. The number of amides is 3. The van der Waals surface area contributed by atoms with Crippen LogP contribution in [0.1, 0.15) is 19.3 Å². The number of benzene rings is 1. The van der Waals surface area contributed by atoms with Gasteiger partial charge in [-0.15, -0.1) is 0 Å². The van der Waals surface area contributed by atoms with Gasteiger partial charge in [0, 0.05) is 24.9 Å². The van der Waals surface area contributed by atoms with Gasteiger partial charge in [0.25, 0.3) is 5.91 Å². The van der Waals surface area contributed by atoms with E-state index >= 15 is 0 Å². The van der Waals surface area contributed by atoms with Crippen LogP contribution in [0.2, 0.25) is 0 Å². The minimum absolute atomic E-state index is 0.210. The fraction of sp³-hybridized carbons (Fsp3) is 0.368. The Kier molecular flexibility index (Phi) is 6.52. The molecule has 0 aromatic heterocycles. The topological polar surface area (TPSA) is 75.7 Å². The van der Waals surface area contributed by atoms with E-state index in [4.69, 9.17) is 0 Å². The van der Waals surface area contributed by atoms with E-state index in [0.29, 0.717) is 31.7 Å². The van der Waals surface area contributed by atoms with Crippen molar-refractivity contribution in [3.63, 3.8) is 0 Å². The van der Waals surface area contributed by atoms with E-state index in [1.165, 1.54) is 34.6 Å². The molecule has 0 bridgehead atoms. The number of carbonyl (C=O) groups excluding carboxylic acids is 2. The highest BCUT2D eigenvalue weighted by Gasteiger charge is 2.26. The van der Waals surface area contributed by atoms with Crippen LogP contribution in [0.5, 0.6) is 0 Å². The second kappa shape index (κ2) is 9.05. The number of rotatable bonds is 4. The molecule has 0 spiro atoms. The number of nitrogens with one attached hydrogen (secondary N) is 1. The molecular formula is C19H22FN3O3S. The standard InChI is InChI=1S/C19H22FN3O3S/c20-16-4-6-17(7-5-16)21-19(25)22-12-8-15(9-13-22)10-14-27(26)23-11-2-1-3-18(23)24/h1,3-7,10,14-15H,2,8-9,11-13H2,(H,21,25)/b14-10+. The first-order valence-corrected chi connectivity index (χ1v) is 10.1. The van der Waals surface area contributed by atoms with Gasteiger partial charge in [-0.05, 0) is 55.5 Å². The van der Waals surface area contributed by atoms with Crippen molar-refractivity contribution >= 4 is 29.0 Å². The summed E-state index contributed by atoms with van der Waals surface area (Å²) in [5.74, 6) is -0.351. The molecule has 1 N–H and O–H groups in total. The molecule has 0 saturated carbocycles. The number of anilines is 1. The van der Waals surface area contributed by atoms with Gasteiger partial charge in [-0.2, -0.15) is 4.31 Å². The molecule has 1 fully saturated rings. The summed E-state index contributed by atoms with van der Waals surface area (Å²) in [4.78, 5) is 25.7. The Hall–Kier alpha value is -2.32. The number of carbonyl (C=O) groups is 2. The van der Waals surface area contributed by atoms with E-state index in [2.05, 4.69) is 5.32 Å². The summed E-state index contributed by atoms with van der Waals surface area (Å²) in [6, 6.07) is 5.44. The monoisotopic (exact) mass is 391 g/mol. The lowest BCUT2D eigenvalue weighted by atomic mass is 9.97. The molecule has 3 amide bonds.